The number of benzene rings is 1. The van der Waals surface area contributed by atoms with Crippen LogP contribution in [-0.4, -0.2) is 18.7 Å². The number of hydrogen-bond acceptors (Lipinski definition) is 2. The SMILES string of the molecule is CC(C)(C)NCCCCOc1cc(F)ccc1Br. The number of nitrogens with one attached hydrogen (secondary N) is 1. The van der Waals surface area contributed by atoms with Gasteiger partial charge in [-0.1, -0.05) is 0 Å². The van der Waals surface area contributed by atoms with E-state index in [4.69, 9.17) is 4.74 Å². The van der Waals surface area contributed by atoms with Crippen molar-refractivity contribution < 1.29 is 9.13 Å². The summed E-state index contributed by atoms with van der Waals surface area (Å²) in [6.45, 7) is 8.01. The second-order valence-corrected chi connectivity index (χ2v) is 6.16. The van der Waals surface area contributed by atoms with E-state index in [0.29, 0.717) is 12.4 Å². The Labute approximate surface area is 117 Å². The Bertz CT molecular complexity index is 377. The fourth-order valence-electron chi connectivity index (χ4n) is 1.46. The van der Waals surface area contributed by atoms with Gasteiger partial charge in [0.15, 0.2) is 0 Å². The highest BCUT2D eigenvalue weighted by Crippen LogP contribution is 2.25. The van der Waals surface area contributed by atoms with E-state index in [0.717, 1.165) is 23.9 Å². The zero-order chi connectivity index (χ0) is 13.6. The molecular weight excluding hydrogens is 297 g/mol. The number of unbranched alkanes of at least 4 members (excludes halogenated alkanes) is 1. The molecule has 0 unspecified atom stereocenters. The molecule has 0 bridgehead atoms. The van der Waals surface area contributed by atoms with E-state index in [1.165, 1.54) is 12.1 Å². The highest BCUT2D eigenvalue weighted by atomic mass is 79.9. The van der Waals surface area contributed by atoms with Crippen molar-refractivity contribution in [3.63, 3.8) is 0 Å². The molecule has 0 atom stereocenters. The summed E-state index contributed by atoms with van der Waals surface area (Å²) < 4.78 is 19.3. The fraction of sp³-hybridized carbons (Fsp3) is 0.571. The molecule has 1 aromatic carbocycles. The minimum atomic E-state index is -0.275. The van der Waals surface area contributed by atoms with Crippen LogP contribution in [0.3, 0.4) is 0 Å². The summed E-state index contributed by atoms with van der Waals surface area (Å²) in [6.07, 6.45) is 2.00. The maximum Gasteiger partial charge on any atom is 0.136 e. The van der Waals surface area contributed by atoms with E-state index in [1.807, 2.05) is 0 Å². The summed E-state index contributed by atoms with van der Waals surface area (Å²) in [5.41, 5.74) is 0.159. The molecule has 0 aliphatic heterocycles. The van der Waals surface area contributed by atoms with Gasteiger partial charge >= 0.3 is 0 Å². The van der Waals surface area contributed by atoms with Crippen LogP contribution in [0.5, 0.6) is 5.75 Å². The van der Waals surface area contributed by atoms with Crippen LogP contribution in [0.4, 0.5) is 4.39 Å². The molecule has 0 aliphatic rings. The van der Waals surface area contributed by atoms with Crippen molar-refractivity contribution in [2.24, 2.45) is 0 Å². The van der Waals surface area contributed by atoms with Crippen LogP contribution in [0.25, 0.3) is 0 Å². The van der Waals surface area contributed by atoms with Crippen molar-refractivity contribution in [3.05, 3.63) is 28.5 Å². The Balaban J connectivity index is 2.20. The Morgan fingerprint density at radius 2 is 2.00 bits per heavy atom. The third-order valence-corrected chi connectivity index (χ3v) is 3.03. The van der Waals surface area contributed by atoms with Crippen LogP contribution in [0.1, 0.15) is 33.6 Å². The average Bonchev–Trinajstić information content (AvgIpc) is 2.26. The first-order chi connectivity index (χ1) is 8.38. The topological polar surface area (TPSA) is 21.3 Å². The van der Waals surface area contributed by atoms with Crippen LogP contribution in [0.15, 0.2) is 22.7 Å². The summed E-state index contributed by atoms with van der Waals surface area (Å²) in [7, 11) is 0. The molecule has 0 aliphatic carbocycles. The summed E-state index contributed by atoms with van der Waals surface area (Å²) in [6, 6.07) is 4.47. The summed E-state index contributed by atoms with van der Waals surface area (Å²) in [5, 5.41) is 3.42. The van der Waals surface area contributed by atoms with Gasteiger partial charge in [0.2, 0.25) is 0 Å². The first-order valence-electron chi connectivity index (χ1n) is 6.21. The molecule has 0 aromatic heterocycles. The third kappa shape index (κ3) is 6.36. The lowest BCUT2D eigenvalue weighted by molar-refractivity contribution is 0.298. The predicted molar refractivity (Wildman–Crippen MR) is 76.6 cm³/mol. The van der Waals surface area contributed by atoms with Crippen molar-refractivity contribution in [3.8, 4) is 5.75 Å². The van der Waals surface area contributed by atoms with Gasteiger partial charge in [0, 0.05) is 11.6 Å². The summed E-state index contributed by atoms with van der Waals surface area (Å²) >= 11 is 3.34. The standard InChI is InChI=1S/C14H21BrFNO/c1-14(2,3)17-8-4-5-9-18-13-10-11(16)6-7-12(13)15/h6-7,10,17H,4-5,8-9H2,1-3H3. The smallest absolute Gasteiger partial charge is 0.136 e. The molecule has 0 amide bonds. The first-order valence-corrected chi connectivity index (χ1v) is 7.01. The minimum absolute atomic E-state index is 0.159. The van der Waals surface area contributed by atoms with Crippen molar-refractivity contribution in [1.29, 1.82) is 0 Å². The lowest BCUT2D eigenvalue weighted by atomic mass is 10.1. The number of halogens is 2. The largest absolute Gasteiger partial charge is 0.492 e. The molecule has 1 aromatic rings. The van der Waals surface area contributed by atoms with Crippen molar-refractivity contribution in [2.45, 2.75) is 39.2 Å². The molecule has 4 heteroatoms. The van der Waals surface area contributed by atoms with Crippen LogP contribution < -0.4 is 10.1 Å². The average molecular weight is 318 g/mol. The monoisotopic (exact) mass is 317 g/mol. The van der Waals surface area contributed by atoms with Gasteiger partial charge in [0.1, 0.15) is 11.6 Å². The van der Waals surface area contributed by atoms with Gasteiger partial charge in [-0.05, 0) is 68.2 Å². The van der Waals surface area contributed by atoms with Crippen molar-refractivity contribution in [1.82, 2.24) is 5.32 Å². The van der Waals surface area contributed by atoms with E-state index in [1.54, 1.807) is 6.07 Å². The molecule has 1 rings (SSSR count). The Morgan fingerprint density at radius 3 is 2.67 bits per heavy atom. The second-order valence-electron chi connectivity index (χ2n) is 5.31. The Hall–Kier alpha value is -0.610. The highest BCUT2D eigenvalue weighted by Gasteiger charge is 2.07. The van der Waals surface area contributed by atoms with Crippen LogP contribution in [0, 0.1) is 5.82 Å². The molecule has 0 heterocycles. The molecule has 0 fully saturated rings. The minimum Gasteiger partial charge on any atom is -0.492 e. The fourth-order valence-corrected chi connectivity index (χ4v) is 1.82. The van der Waals surface area contributed by atoms with Gasteiger partial charge in [-0.25, -0.2) is 4.39 Å². The number of rotatable bonds is 6. The zero-order valence-electron chi connectivity index (χ0n) is 11.2. The van der Waals surface area contributed by atoms with Crippen molar-refractivity contribution in [2.75, 3.05) is 13.2 Å². The van der Waals surface area contributed by atoms with Gasteiger partial charge in [-0.2, -0.15) is 0 Å². The van der Waals surface area contributed by atoms with E-state index >= 15 is 0 Å². The maximum absolute atomic E-state index is 13.0. The van der Waals surface area contributed by atoms with Crippen LogP contribution in [0.2, 0.25) is 0 Å². The highest BCUT2D eigenvalue weighted by molar-refractivity contribution is 9.10. The van der Waals surface area contributed by atoms with E-state index < -0.39 is 0 Å². The van der Waals surface area contributed by atoms with Crippen LogP contribution in [-0.2, 0) is 0 Å². The molecule has 18 heavy (non-hydrogen) atoms. The Morgan fingerprint density at radius 1 is 1.28 bits per heavy atom. The summed E-state index contributed by atoms with van der Waals surface area (Å²) in [4.78, 5) is 0. The molecule has 0 spiro atoms. The predicted octanol–water partition coefficient (Wildman–Crippen LogP) is 4.14. The first kappa shape index (κ1) is 15.4. The van der Waals surface area contributed by atoms with Crippen LogP contribution >= 0.6 is 15.9 Å². The molecule has 0 radical (unpaired) electrons. The number of hydrogen-bond donors (Lipinski definition) is 1. The van der Waals surface area contributed by atoms with Crippen molar-refractivity contribution >= 4 is 15.9 Å². The quantitative estimate of drug-likeness (QED) is 0.796. The molecule has 102 valence electrons. The third-order valence-electron chi connectivity index (χ3n) is 2.38. The van der Waals surface area contributed by atoms with Gasteiger partial charge in [0.25, 0.3) is 0 Å². The number of ether oxygens (including phenoxy) is 1. The zero-order valence-corrected chi connectivity index (χ0v) is 12.8. The van der Waals surface area contributed by atoms with Gasteiger partial charge < -0.3 is 10.1 Å². The second kappa shape index (κ2) is 7.10. The van der Waals surface area contributed by atoms with Gasteiger partial charge in [-0.15, -0.1) is 0 Å². The normalized spacial score (nSPS) is 11.6. The molecule has 0 saturated carbocycles. The molecule has 0 saturated heterocycles. The van der Waals surface area contributed by atoms with Gasteiger partial charge in [-0.3, -0.25) is 0 Å². The molecule has 1 N–H and O–H groups in total. The Kier molecular flexibility index (Phi) is 6.09. The van der Waals surface area contributed by atoms with E-state index in [2.05, 4.69) is 42.0 Å². The molecular formula is C14H21BrFNO. The maximum atomic E-state index is 13.0. The lowest BCUT2D eigenvalue weighted by Crippen LogP contribution is -2.36. The van der Waals surface area contributed by atoms with Gasteiger partial charge in [0.05, 0.1) is 11.1 Å². The van der Waals surface area contributed by atoms with E-state index in [9.17, 15) is 4.39 Å². The molecule has 2 nitrogen and oxygen atoms in total. The summed E-state index contributed by atoms with van der Waals surface area (Å²) in [5.74, 6) is 0.293. The van der Waals surface area contributed by atoms with E-state index in [-0.39, 0.29) is 11.4 Å². The lowest BCUT2D eigenvalue weighted by Gasteiger charge is -2.20.